The first-order valence-electron chi connectivity index (χ1n) is 7.47. The Hall–Kier alpha value is -2.70. The normalized spacial score (nSPS) is 10.5. The molecule has 0 fully saturated rings. The number of urea groups is 1. The minimum atomic E-state index is -2.84. The number of rotatable bonds is 7. The summed E-state index contributed by atoms with van der Waals surface area (Å²) in [5, 5.41) is 2.81. The molecule has 1 heterocycles. The number of amides is 2. The second-order valence-corrected chi connectivity index (χ2v) is 5.18. The van der Waals surface area contributed by atoms with Crippen LogP contribution in [-0.4, -0.2) is 36.1 Å². The van der Waals surface area contributed by atoms with Crippen molar-refractivity contribution >= 4 is 6.03 Å². The Labute approximate surface area is 139 Å². The number of halogens is 2. The van der Waals surface area contributed by atoms with E-state index in [0.29, 0.717) is 19.5 Å². The average molecular weight is 335 g/mol. The first kappa shape index (κ1) is 17.7. The number of carbonyl (C=O) groups excluding carboxylic acids is 1. The molecule has 1 aromatic heterocycles. The molecule has 128 valence electrons. The molecule has 0 aliphatic carbocycles. The zero-order valence-corrected chi connectivity index (χ0v) is 13.3. The Balaban J connectivity index is 1.76. The van der Waals surface area contributed by atoms with Crippen molar-refractivity contribution in [1.29, 1.82) is 0 Å². The second kappa shape index (κ2) is 8.81. The molecule has 2 aromatic rings. The predicted octanol–water partition coefficient (Wildman–Crippen LogP) is 3.07. The first-order valence-corrected chi connectivity index (χ1v) is 7.47. The van der Waals surface area contributed by atoms with E-state index in [1.54, 1.807) is 25.4 Å². The zero-order valence-electron chi connectivity index (χ0n) is 13.3. The number of hydrogen-bond acceptors (Lipinski definition) is 3. The quantitative estimate of drug-likeness (QED) is 0.846. The smallest absolute Gasteiger partial charge is 0.387 e. The second-order valence-electron chi connectivity index (χ2n) is 5.18. The lowest BCUT2D eigenvalue weighted by molar-refractivity contribution is -0.0498. The third kappa shape index (κ3) is 5.83. The monoisotopic (exact) mass is 335 g/mol. The van der Waals surface area contributed by atoms with Crippen molar-refractivity contribution in [2.75, 3.05) is 13.6 Å². The van der Waals surface area contributed by atoms with Crippen molar-refractivity contribution < 1.29 is 18.3 Å². The van der Waals surface area contributed by atoms with E-state index in [-0.39, 0.29) is 11.8 Å². The maximum absolute atomic E-state index is 12.1. The van der Waals surface area contributed by atoms with Crippen LogP contribution >= 0.6 is 0 Å². The summed E-state index contributed by atoms with van der Waals surface area (Å²) in [5.74, 6) is 0.0937. The van der Waals surface area contributed by atoms with Gasteiger partial charge in [0, 0.05) is 38.4 Å². The molecule has 2 amide bonds. The molecular weight excluding hydrogens is 316 g/mol. The van der Waals surface area contributed by atoms with Crippen LogP contribution in [0.1, 0.15) is 11.3 Å². The molecule has 0 spiro atoms. The van der Waals surface area contributed by atoms with Crippen LogP contribution < -0.4 is 10.1 Å². The molecule has 0 saturated heterocycles. The van der Waals surface area contributed by atoms with Crippen LogP contribution in [0.4, 0.5) is 13.6 Å². The standard InChI is InChI=1S/C17H19F2N3O2/c1-22(12-13-5-7-15(8-6-13)24-16(18)19)17(23)21-11-9-14-4-2-3-10-20-14/h2-8,10,16H,9,11-12H2,1H3,(H,21,23). The maximum Gasteiger partial charge on any atom is 0.387 e. The van der Waals surface area contributed by atoms with Crippen LogP contribution in [-0.2, 0) is 13.0 Å². The van der Waals surface area contributed by atoms with E-state index in [0.717, 1.165) is 11.3 Å². The van der Waals surface area contributed by atoms with Gasteiger partial charge in [0.1, 0.15) is 5.75 Å². The van der Waals surface area contributed by atoms with Gasteiger partial charge in [-0.1, -0.05) is 18.2 Å². The van der Waals surface area contributed by atoms with E-state index in [9.17, 15) is 13.6 Å². The number of hydrogen-bond donors (Lipinski definition) is 1. The lowest BCUT2D eigenvalue weighted by Gasteiger charge is -2.18. The lowest BCUT2D eigenvalue weighted by Crippen LogP contribution is -2.37. The van der Waals surface area contributed by atoms with E-state index in [2.05, 4.69) is 15.0 Å². The topological polar surface area (TPSA) is 54.5 Å². The van der Waals surface area contributed by atoms with Gasteiger partial charge in [-0.25, -0.2) is 4.79 Å². The van der Waals surface area contributed by atoms with Gasteiger partial charge in [0.05, 0.1) is 0 Å². The molecule has 1 aromatic carbocycles. The summed E-state index contributed by atoms with van der Waals surface area (Å²) in [6, 6.07) is 11.6. The van der Waals surface area contributed by atoms with Gasteiger partial charge in [-0.2, -0.15) is 8.78 Å². The number of carbonyl (C=O) groups is 1. The van der Waals surface area contributed by atoms with Crippen molar-refractivity contribution in [3.63, 3.8) is 0 Å². The van der Waals surface area contributed by atoms with Gasteiger partial charge in [-0.05, 0) is 29.8 Å². The van der Waals surface area contributed by atoms with Gasteiger partial charge in [-0.15, -0.1) is 0 Å². The lowest BCUT2D eigenvalue weighted by atomic mass is 10.2. The molecule has 0 atom stereocenters. The van der Waals surface area contributed by atoms with E-state index in [1.807, 2.05) is 18.2 Å². The van der Waals surface area contributed by atoms with Crippen LogP contribution in [0, 0.1) is 0 Å². The number of nitrogens with one attached hydrogen (secondary N) is 1. The molecule has 0 aliphatic heterocycles. The SMILES string of the molecule is CN(Cc1ccc(OC(F)F)cc1)C(=O)NCCc1ccccn1. The summed E-state index contributed by atoms with van der Waals surface area (Å²) in [6.45, 7) is -1.99. The third-order valence-corrected chi connectivity index (χ3v) is 3.30. The number of nitrogens with zero attached hydrogens (tertiary/aromatic N) is 2. The highest BCUT2D eigenvalue weighted by molar-refractivity contribution is 5.73. The van der Waals surface area contributed by atoms with Crippen molar-refractivity contribution in [3.05, 3.63) is 59.9 Å². The Morgan fingerprint density at radius 3 is 2.62 bits per heavy atom. The maximum atomic E-state index is 12.1. The highest BCUT2D eigenvalue weighted by Crippen LogP contribution is 2.15. The van der Waals surface area contributed by atoms with Crippen LogP contribution in [0.15, 0.2) is 48.7 Å². The Morgan fingerprint density at radius 2 is 2.00 bits per heavy atom. The number of alkyl halides is 2. The van der Waals surface area contributed by atoms with Gasteiger partial charge in [-0.3, -0.25) is 4.98 Å². The highest BCUT2D eigenvalue weighted by atomic mass is 19.3. The fraction of sp³-hybridized carbons (Fsp3) is 0.294. The first-order chi connectivity index (χ1) is 11.5. The van der Waals surface area contributed by atoms with Crippen molar-refractivity contribution in [1.82, 2.24) is 15.2 Å². The summed E-state index contributed by atoms with van der Waals surface area (Å²) in [5.41, 5.74) is 1.73. The highest BCUT2D eigenvalue weighted by Gasteiger charge is 2.09. The van der Waals surface area contributed by atoms with Crippen molar-refractivity contribution in [3.8, 4) is 5.75 Å². The molecule has 24 heavy (non-hydrogen) atoms. The predicted molar refractivity (Wildman–Crippen MR) is 85.9 cm³/mol. The van der Waals surface area contributed by atoms with Crippen LogP contribution in [0.3, 0.4) is 0 Å². The largest absolute Gasteiger partial charge is 0.435 e. The van der Waals surface area contributed by atoms with E-state index < -0.39 is 6.61 Å². The number of pyridine rings is 1. The molecule has 0 aliphatic rings. The molecule has 0 bridgehead atoms. The molecule has 7 heteroatoms. The Morgan fingerprint density at radius 1 is 1.25 bits per heavy atom. The number of aromatic nitrogens is 1. The summed E-state index contributed by atoms with van der Waals surface area (Å²) >= 11 is 0. The fourth-order valence-corrected chi connectivity index (χ4v) is 2.10. The molecule has 5 nitrogen and oxygen atoms in total. The Bertz CT molecular complexity index is 636. The molecule has 0 radical (unpaired) electrons. The van der Waals surface area contributed by atoms with Crippen molar-refractivity contribution in [2.45, 2.75) is 19.6 Å². The third-order valence-electron chi connectivity index (χ3n) is 3.30. The van der Waals surface area contributed by atoms with Gasteiger partial charge in [0.25, 0.3) is 0 Å². The van der Waals surface area contributed by atoms with Crippen LogP contribution in [0.2, 0.25) is 0 Å². The molecular formula is C17H19F2N3O2. The number of ether oxygens (including phenoxy) is 1. The van der Waals surface area contributed by atoms with Crippen LogP contribution in [0.25, 0.3) is 0 Å². The van der Waals surface area contributed by atoms with Gasteiger partial charge in [0.2, 0.25) is 0 Å². The van der Waals surface area contributed by atoms with E-state index >= 15 is 0 Å². The Kier molecular flexibility index (Phi) is 6.48. The average Bonchev–Trinajstić information content (AvgIpc) is 2.57. The summed E-state index contributed by atoms with van der Waals surface area (Å²) in [4.78, 5) is 17.7. The number of benzene rings is 1. The zero-order chi connectivity index (χ0) is 17.4. The minimum Gasteiger partial charge on any atom is -0.435 e. The minimum absolute atomic E-state index is 0.0937. The van der Waals surface area contributed by atoms with E-state index in [4.69, 9.17) is 0 Å². The summed E-state index contributed by atoms with van der Waals surface area (Å²) in [6.07, 6.45) is 2.37. The summed E-state index contributed by atoms with van der Waals surface area (Å²) in [7, 11) is 1.67. The van der Waals surface area contributed by atoms with Crippen molar-refractivity contribution in [2.24, 2.45) is 0 Å². The van der Waals surface area contributed by atoms with E-state index in [1.165, 1.54) is 17.0 Å². The molecule has 1 N–H and O–H groups in total. The fourth-order valence-electron chi connectivity index (χ4n) is 2.10. The van der Waals surface area contributed by atoms with Crippen LogP contribution in [0.5, 0.6) is 5.75 Å². The van der Waals surface area contributed by atoms with Gasteiger partial charge >= 0.3 is 12.6 Å². The molecule has 2 rings (SSSR count). The summed E-state index contributed by atoms with van der Waals surface area (Å²) < 4.78 is 28.5. The molecule has 0 unspecified atom stereocenters. The molecule has 0 saturated carbocycles. The van der Waals surface area contributed by atoms with Gasteiger partial charge < -0.3 is 15.0 Å². The van der Waals surface area contributed by atoms with Gasteiger partial charge in [0.15, 0.2) is 0 Å².